The average molecular weight is 366 g/mol. The number of hydrogen-bond donors (Lipinski definition) is 5. The zero-order chi connectivity index (χ0) is 17.7. The Morgan fingerprint density at radius 3 is 2.75 bits per heavy atom. The van der Waals surface area contributed by atoms with Crippen LogP contribution in [-0.4, -0.2) is 69.5 Å². The predicted octanol–water partition coefficient (Wildman–Crippen LogP) is -1.66. The van der Waals surface area contributed by atoms with Crippen LogP contribution in [0.5, 0.6) is 5.88 Å². The van der Waals surface area contributed by atoms with Gasteiger partial charge in [0.1, 0.15) is 24.9 Å². The Kier molecular flexibility index (Phi) is 4.04. The molecule has 4 atom stereocenters. The van der Waals surface area contributed by atoms with Gasteiger partial charge in [0.15, 0.2) is 17.3 Å². The highest BCUT2D eigenvalue weighted by Crippen LogP contribution is 2.47. The average Bonchev–Trinajstić information content (AvgIpc) is 3.03. The van der Waals surface area contributed by atoms with Gasteiger partial charge in [-0.1, -0.05) is 0 Å². The maximum Gasteiger partial charge on any atom is 0.470 e. The molecule has 132 valence electrons. The second-order valence-electron chi connectivity index (χ2n) is 4.94. The standard InChI is InChI=1S/C10H12FN4O8P/c11-10(15-3-14-5-8(15)12-2-13-9(5)18)7(17)6(4(1-16)22-10)23-24(19,20)21/h2-4,6-7,16-17H,1H2,(H,12,13,18)(H2,19,20,21)/t4-,6-,7-,10+/m1/s1. The van der Waals surface area contributed by atoms with E-state index in [2.05, 4.69) is 19.5 Å². The molecule has 0 saturated carbocycles. The van der Waals surface area contributed by atoms with Gasteiger partial charge in [0.05, 0.1) is 6.61 Å². The first-order valence-corrected chi connectivity index (χ1v) is 7.97. The van der Waals surface area contributed by atoms with Crippen LogP contribution in [0.4, 0.5) is 4.39 Å². The van der Waals surface area contributed by atoms with Crippen LogP contribution in [0, 0.1) is 0 Å². The third-order valence-electron chi connectivity index (χ3n) is 3.44. The molecule has 1 aliphatic rings. The zero-order valence-electron chi connectivity index (χ0n) is 11.7. The second kappa shape index (κ2) is 5.67. The van der Waals surface area contributed by atoms with Crippen molar-refractivity contribution in [1.29, 1.82) is 0 Å². The molecule has 0 radical (unpaired) electrons. The number of halogens is 1. The Labute approximate surface area is 132 Å². The number of nitrogens with zero attached hydrogens (tertiary/aromatic N) is 4. The summed E-state index contributed by atoms with van der Waals surface area (Å²) in [6.45, 7) is -0.889. The lowest BCUT2D eigenvalue weighted by Gasteiger charge is -2.25. The maximum atomic E-state index is 15.3. The summed E-state index contributed by atoms with van der Waals surface area (Å²) in [6, 6.07) is 0. The number of phosphoric ester groups is 1. The third-order valence-corrected chi connectivity index (χ3v) is 3.96. The highest BCUT2D eigenvalue weighted by Gasteiger charge is 2.59. The molecule has 0 spiro atoms. The van der Waals surface area contributed by atoms with E-state index in [4.69, 9.17) is 14.5 Å². The van der Waals surface area contributed by atoms with E-state index in [0.717, 1.165) is 12.7 Å². The van der Waals surface area contributed by atoms with Crippen molar-refractivity contribution in [2.75, 3.05) is 6.61 Å². The highest BCUT2D eigenvalue weighted by molar-refractivity contribution is 7.46. The van der Waals surface area contributed by atoms with Crippen LogP contribution in [0.25, 0.3) is 11.2 Å². The molecule has 0 amide bonds. The van der Waals surface area contributed by atoms with E-state index < -0.39 is 44.6 Å². The van der Waals surface area contributed by atoms with Crippen molar-refractivity contribution in [2.45, 2.75) is 24.3 Å². The molecule has 24 heavy (non-hydrogen) atoms. The Morgan fingerprint density at radius 2 is 2.12 bits per heavy atom. The molecule has 0 bridgehead atoms. The van der Waals surface area contributed by atoms with Crippen molar-refractivity contribution in [1.82, 2.24) is 19.5 Å². The molecule has 12 nitrogen and oxygen atoms in total. The van der Waals surface area contributed by atoms with Crippen LogP contribution in [0.1, 0.15) is 0 Å². The van der Waals surface area contributed by atoms with Gasteiger partial charge in [-0.05, 0) is 0 Å². The van der Waals surface area contributed by atoms with E-state index in [9.17, 15) is 19.9 Å². The molecule has 1 aliphatic heterocycles. The van der Waals surface area contributed by atoms with Gasteiger partial charge in [-0.15, -0.1) is 0 Å². The molecule has 3 rings (SSSR count). The smallest absolute Gasteiger partial charge is 0.470 e. The van der Waals surface area contributed by atoms with Crippen LogP contribution >= 0.6 is 7.82 Å². The molecule has 0 aliphatic carbocycles. The molecule has 0 unspecified atom stereocenters. The molecule has 0 aromatic carbocycles. The van der Waals surface area contributed by atoms with Crippen LogP contribution < -0.4 is 0 Å². The summed E-state index contributed by atoms with van der Waals surface area (Å²) in [4.78, 5) is 28.6. The minimum atomic E-state index is -5.10. The fraction of sp³-hybridized carbons (Fsp3) is 0.500. The van der Waals surface area contributed by atoms with Gasteiger partial charge >= 0.3 is 13.8 Å². The first kappa shape index (κ1) is 17.1. The summed E-state index contributed by atoms with van der Waals surface area (Å²) in [7, 11) is -5.10. The Morgan fingerprint density at radius 1 is 1.42 bits per heavy atom. The molecule has 14 heteroatoms. The topological polar surface area (TPSA) is 180 Å². The number of phosphoric acid groups is 1. The van der Waals surface area contributed by atoms with Crippen molar-refractivity contribution < 1.29 is 43.3 Å². The minimum Gasteiger partial charge on any atom is -0.492 e. The van der Waals surface area contributed by atoms with E-state index in [1.165, 1.54) is 0 Å². The van der Waals surface area contributed by atoms with E-state index in [1.807, 2.05) is 0 Å². The SMILES string of the molecule is O=P(O)(O)O[C@H]1[C@@H](O)[C@](F)(n2cnc3c(O)ncnc32)O[C@@H]1CO. The fourth-order valence-electron chi connectivity index (χ4n) is 2.43. The molecule has 5 N–H and O–H groups in total. The van der Waals surface area contributed by atoms with E-state index in [-0.39, 0.29) is 11.2 Å². The lowest BCUT2D eigenvalue weighted by atomic mass is 10.1. The van der Waals surface area contributed by atoms with Crippen molar-refractivity contribution >= 4 is 19.0 Å². The number of aliphatic hydroxyl groups is 2. The third kappa shape index (κ3) is 2.65. The number of rotatable bonds is 4. The Bertz CT molecular complexity index is 813. The molecule has 1 saturated heterocycles. The van der Waals surface area contributed by atoms with Crippen LogP contribution in [0.2, 0.25) is 0 Å². The van der Waals surface area contributed by atoms with Crippen LogP contribution in [-0.2, 0) is 19.8 Å². The van der Waals surface area contributed by atoms with Crippen LogP contribution in [0.15, 0.2) is 12.7 Å². The molecule has 2 aromatic heterocycles. The first-order chi connectivity index (χ1) is 11.2. The number of ether oxygens (including phenoxy) is 1. The summed E-state index contributed by atoms with van der Waals surface area (Å²) in [6.07, 6.45) is -3.93. The minimum absolute atomic E-state index is 0.190. The molecule has 3 heterocycles. The molecular weight excluding hydrogens is 354 g/mol. The fourth-order valence-corrected chi connectivity index (χ4v) is 2.99. The monoisotopic (exact) mass is 366 g/mol. The quantitative estimate of drug-likeness (QED) is 0.391. The Balaban J connectivity index is 2.06. The highest BCUT2D eigenvalue weighted by atomic mass is 31.2. The van der Waals surface area contributed by atoms with Gasteiger partial charge in [0.25, 0.3) is 0 Å². The van der Waals surface area contributed by atoms with Gasteiger partial charge in [-0.3, -0.25) is 9.09 Å². The van der Waals surface area contributed by atoms with E-state index in [0.29, 0.717) is 4.57 Å². The summed E-state index contributed by atoms with van der Waals surface area (Å²) in [5.74, 6) is -3.65. The number of hydrogen-bond acceptors (Lipinski definition) is 9. The van der Waals surface area contributed by atoms with Gasteiger partial charge in [0.2, 0.25) is 5.88 Å². The number of imidazole rings is 1. The summed E-state index contributed by atoms with van der Waals surface area (Å²) in [5, 5.41) is 28.9. The molecule has 1 fully saturated rings. The summed E-state index contributed by atoms with van der Waals surface area (Å²) in [5.41, 5.74) is -0.442. The molecule has 2 aromatic rings. The van der Waals surface area contributed by atoms with Crippen molar-refractivity contribution in [3.8, 4) is 5.88 Å². The van der Waals surface area contributed by atoms with Gasteiger partial charge in [-0.25, -0.2) is 14.5 Å². The number of alkyl halides is 1. The number of fused-ring (bicyclic) bond motifs is 1. The lowest BCUT2D eigenvalue weighted by Crippen LogP contribution is -2.42. The van der Waals surface area contributed by atoms with E-state index in [1.54, 1.807) is 0 Å². The van der Waals surface area contributed by atoms with E-state index >= 15 is 4.39 Å². The normalized spacial score (nSPS) is 31.0. The van der Waals surface area contributed by atoms with Gasteiger partial charge < -0.3 is 29.8 Å². The second-order valence-corrected chi connectivity index (χ2v) is 6.13. The van der Waals surface area contributed by atoms with Crippen molar-refractivity contribution in [2.24, 2.45) is 0 Å². The lowest BCUT2D eigenvalue weighted by molar-refractivity contribution is -0.235. The Hall–Kier alpha value is -1.73. The maximum absolute atomic E-state index is 15.3. The van der Waals surface area contributed by atoms with Gasteiger partial charge in [-0.2, -0.15) is 9.37 Å². The zero-order valence-corrected chi connectivity index (χ0v) is 12.6. The summed E-state index contributed by atoms with van der Waals surface area (Å²) >= 11 is 0. The number of aliphatic hydroxyl groups excluding tert-OH is 2. The van der Waals surface area contributed by atoms with Crippen LogP contribution in [0.3, 0.4) is 0 Å². The first-order valence-electron chi connectivity index (χ1n) is 6.44. The predicted molar refractivity (Wildman–Crippen MR) is 71.0 cm³/mol. The van der Waals surface area contributed by atoms with Crippen molar-refractivity contribution in [3.05, 3.63) is 12.7 Å². The number of aromatic nitrogens is 4. The molecular formula is C10H12FN4O8P. The van der Waals surface area contributed by atoms with Gasteiger partial charge in [0, 0.05) is 0 Å². The largest absolute Gasteiger partial charge is 0.492 e. The summed E-state index contributed by atoms with van der Waals surface area (Å²) < 4.78 is 36.1. The number of aromatic hydroxyl groups is 1. The van der Waals surface area contributed by atoms with Crippen molar-refractivity contribution in [3.63, 3.8) is 0 Å².